The molecule has 0 unspecified atom stereocenters. The Morgan fingerprint density at radius 1 is 1.64 bits per heavy atom. The van der Waals surface area contributed by atoms with Crippen LogP contribution in [0, 0.1) is 0 Å². The van der Waals surface area contributed by atoms with Crippen molar-refractivity contribution in [3.05, 3.63) is 16.3 Å². The van der Waals surface area contributed by atoms with Gasteiger partial charge in [0.2, 0.25) is 5.82 Å². The van der Waals surface area contributed by atoms with E-state index in [-0.39, 0.29) is 17.4 Å². The fourth-order valence-corrected chi connectivity index (χ4v) is 0.967. The highest BCUT2D eigenvalue weighted by molar-refractivity contribution is 5.90. The van der Waals surface area contributed by atoms with E-state index in [0.717, 1.165) is 17.5 Å². The molecule has 6 heteroatoms. The number of H-pyrrole nitrogens is 1. The summed E-state index contributed by atoms with van der Waals surface area (Å²) >= 11 is 0. The highest BCUT2D eigenvalue weighted by Gasteiger charge is 2.10. The van der Waals surface area contributed by atoms with E-state index in [9.17, 15) is 9.59 Å². The number of hydrogen-bond acceptors (Lipinski definition) is 3. The molecule has 6 nitrogen and oxygen atoms in total. The highest BCUT2D eigenvalue weighted by atomic mass is 16.2. The lowest BCUT2D eigenvalue weighted by atomic mass is 10.3. The molecular formula is C8H14N4O2. The molecule has 14 heavy (non-hydrogen) atoms. The summed E-state index contributed by atoms with van der Waals surface area (Å²) in [6.45, 7) is 2.64. The van der Waals surface area contributed by atoms with Gasteiger partial charge in [-0.1, -0.05) is 13.3 Å². The van der Waals surface area contributed by atoms with Crippen molar-refractivity contribution < 1.29 is 4.79 Å². The number of amides is 1. The van der Waals surface area contributed by atoms with Gasteiger partial charge in [0.1, 0.15) is 0 Å². The number of aromatic amines is 1. The first-order valence-electron chi connectivity index (χ1n) is 4.56. The van der Waals surface area contributed by atoms with E-state index in [0.29, 0.717) is 6.54 Å². The maximum absolute atomic E-state index is 11.3. The number of nitrogens with zero attached hydrogens (tertiary/aromatic N) is 2. The van der Waals surface area contributed by atoms with Crippen LogP contribution in [0.4, 0.5) is 0 Å². The molecular weight excluding hydrogens is 184 g/mol. The molecule has 0 radical (unpaired) electrons. The minimum atomic E-state index is -0.384. The van der Waals surface area contributed by atoms with Gasteiger partial charge in [0.25, 0.3) is 5.91 Å². The molecule has 0 saturated heterocycles. The Kier molecular flexibility index (Phi) is 3.44. The molecule has 1 aromatic heterocycles. The molecule has 0 spiro atoms. The predicted molar refractivity (Wildman–Crippen MR) is 51.1 cm³/mol. The predicted octanol–water partition coefficient (Wildman–Crippen LogP) is -0.362. The van der Waals surface area contributed by atoms with Crippen LogP contribution in [0.15, 0.2) is 4.79 Å². The van der Waals surface area contributed by atoms with Gasteiger partial charge in [-0.15, -0.1) is 5.10 Å². The van der Waals surface area contributed by atoms with Gasteiger partial charge in [-0.2, -0.15) is 0 Å². The minimum Gasteiger partial charge on any atom is -0.349 e. The molecule has 1 amide bonds. The zero-order valence-electron chi connectivity index (χ0n) is 8.33. The monoisotopic (exact) mass is 198 g/mol. The van der Waals surface area contributed by atoms with E-state index in [2.05, 4.69) is 15.4 Å². The molecule has 1 rings (SSSR count). The van der Waals surface area contributed by atoms with Gasteiger partial charge in [0.15, 0.2) is 0 Å². The third-order valence-electron chi connectivity index (χ3n) is 1.80. The first kappa shape index (κ1) is 10.5. The molecule has 0 aliphatic rings. The van der Waals surface area contributed by atoms with Gasteiger partial charge in [0, 0.05) is 13.6 Å². The minimum absolute atomic E-state index is 0.0635. The molecule has 0 bridgehead atoms. The Labute approximate surface area is 81.3 Å². The van der Waals surface area contributed by atoms with Crippen molar-refractivity contribution in [1.82, 2.24) is 20.1 Å². The molecule has 1 heterocycles. The van der Waals surface area contributed by atoms with Crippen LogP contribution in [0.25, 0.3) is 0 Å². The third kappa shape index (κ3) is 2.45. The zero-order valence-corrected chi connectivity index (χ0v) is 8.33. The van der Waals surface area contributed by atoms with Crippen LogP contribution in [0.5, 0.6) is 0 Å². The van der Waals surface area contributed by atoms with Crippen molar-refractivity contribution in [1.29, 1.82) is 0 Å². The molecule has 0 aliphatic heterocycles. The average molecular weight is 198 g/mol. The fraction of sp³-hybridized carbons (Fsp3) is 0.625. The Hall–Kier alpha value is -1.59. The summed E-state index contributed by atoms with van der Waals surface area (Å²) in [5.74, 6) is -0.273. The summed E-state index contributed by atoms with van der Waals surface area (Å²) in [6.07, 6.45) is 1.93. The number of unbranched alkanes of at least 4 members (excludes halogenated alkanes) is 1. The van der Waals surface area contributed by atoms with E-state index in [1.165, 1.54) is 7.05 Å². The number of nitrogens with one attached hydrogen (secondary N) is 2. The van der Waals surface area contributed by atoms with Gasteiger partial charge in [-0.25, -0.2) is 9.48 Å². The van der Waals surface area contributed by atoms with Crippen molar-refractivity contribution in [3.63, 3.8) is 0 Å². The lowest BCUT2D eigenvalue weighted by Crippen LogP contribution is -2.25. The topological polar surface area (TPSA) is 79.8 Å². The van der Waals surface area contributed by atoms with E-state index >= 15 is 0 Å². The first-order valence-corrected chi connectivity index (χ1v) is 4.56. The molecule has 0 fully saturated rings. The second-order valence-electron chi connectivity index (χ2n) is 3.01. The van der Waals surface area contributed by atoms with Crippen molar-refractivity contribution in [2.24, 2.45) is 7.05 Å². The first-order chi connectivity index (χ1) is 6.65. The van der Waals surface area contributed by atoms with Crippen LogP contribution in [-0.4, -0.2) is 27.2 Å². The summed E-state index contributed by atoms with van der Waals surface area (Å²) in [5, 5.41) is 6.38. The van der Waals surface area contributed by atoms with Crippen molar-refractivity contribution in [2.75, 3.05) is 6.54 Å². The van der Waals surface area contributed by atoms with E-state index < -0.39 is 0 Å². The van der Waals surface area contributed by atoms with E-state index in [1.54, 1.807) is 0 Å². The fourth-order valence-electron chi connectivity index (χ4n) is 0.967. The number of aryl methyl sites for hydroxylation is 1. The number of rotatable bonds is 4. The normalized spacial score (nSPS) is 10.1. The third-order valence-corrected chi connectivity index (χ3v) is 1.80. The van der Waals surface area contributed by atoms with Gasteiger partial charge in [-0.3, -0.25) is 9.78 Å². The van der Waals surface area contributed by atoms with Crippen LogP contribution in [-0.2, 0) is 7.05 Å². The van der Waals surface area contributed by atoms with Gasteiger partial charge < -0.3 is 5.32 Å². The Morgan fingerprint density at radius 2 is 2.36 bits per heavy atom. The van der Waals surface area contributed by atoms with E-state index in [1.807, 2.05) is 6.92 Å². The molecule has 1 aromatic rings. The van der Waals surface area contributed by atoms with Gasteiger partial charge in [0.05, 0.1) is 0 Å². The molecule has 78 valence electrons. The zero-order chi connectivity index (χ0) is 10.6. The molecule has 2 N–H and O–H groups in total. The lowest BCUT2D eigenvalue weighted by Gasteiger charge is -1.99. The Morgan fingerprint density at radius 3 is 2.86 bits per heavy atom. The number of hydrogen-bond donors (Lipinski definition) is 2. The second-order valence-corrected chi connectivity index (χ2v) is 3.01. The molecule has 0 saturated carbocycles. The molecule has 0 atom stereocenters. The average Bonchev–Trinajstić information content (AvgIpc) is 2.47. The summed E-state index contributed by atoms with van der Waals surface area (Å²) in [4.78, 5) is 24.6. The number of carbonyl (C=O) groups is 1. The quantitative estimate of drug-likeness (QED) is 0.648. The number of aromatic nitrogens is 3. The maximum Gasteiger partial charge on any atom is 0.343 e. The smallest absolute Gasteiger partial charge is 0.343 e. The van der Waals surface area contributed by atoms with Crippen LogP contribution in [0.1, 0.15) is 30.4 Å². The van der Waals surface area contributed by atoms with Gasteiger partial charge in [-0.05, 0) is 6.42 Å². The Bertz CT molecular complexity index is 366. The molecule has 0 aliphatic carbocycles. The van der Waals surface area contributed by atoms with Crippen LogP contribution >= 0.6 is 0 Å². The van der Waals surface area contributed by atoms with Gasteiger partial charge >= 0.3 is 5.69 Å². The number of carbonyl (C=O) groups excluding carboxylic acids is 1. The van der Waals surface area contributed by atoms with Crippen LogP contribution in [0.2, 0.25) is 0 Å². The SMILES string of the molecule is CCCCNC(=O)c1nn(C)c(=O)[nH]1. The molecule has 0 aromatic carbocycles. The summed E-state index contributed by atoms with van der Waals surface area (Å²) in [5.41, 5.74) is -0.384. The standard InChI is InChI=1S/C8H14N4O2/c1-3-4-5-9-7(13)6-10-8(14)12(2)11-6/h3-5H2,1-2H3,(H,9,13)(H,10,11,14). The van der Waals surface area contributed by atoms with E-state index in [4.69, 9.17) is 0 Å². The largest absolute Gasteiger partial charge is 0.349 e. The van der Waals surface area contributed by atoms with Crippen LogP contribution < -0.4 is 11.0 Å². The van der Waals surface area contributed by atoms with Crippen molar-refractivity contribution in [3.8, 4) is 0 Å². The second kappa shape index (κ2) is 4.59. The summed E-state index contributed by atoms with van der Waals surface area (Å²) in [7, 11) is 1.49. The van der Waals surface area contributed by atoms with Crippen molar-refractivity contribution >= 4 is 5.91 Å². The highest BCUT2D eigenvalue weighted by Crippen LogP contribution is 1.86. The van der Waals surface area contributed by atoms with Crippen molar-refractivity contribution in [2.45, 2.75) is 19.8 Å². The summed E-state index contributed by atoms with van der Waals surface area (Å²) < 4.78 is 1.09. The maximum atomic E-state index is 11.3. The van der Waals surface area contributed by atoms with Crippen LogP contribution in [0.3, 0.4) is 0 Å². The lowest BCUT2D eigenvalue weighted by molar-refractivity contribution is 0.0942. The Balaban J connectivity index is 2.57. The summed E-state index contributed by atoms with van der Waals surface area (Å²) in [6, 6.07) is 0.